The largest absolute Gasteiger partial charge is 0.313 e. The van der Waals surface area contributed by atoms with Crippen LogP contribution in [0.2, 0.25) is 0 Å². The molecule has 114 valence electrons. The van der Waals surface area contributed by atoms with Crippen LogP contribution in [0.25, 0.3) is 0 Å². The summed E-state index contributed by atoms with van der Waals surface area (Å²) in [7, 11) is -2.83. The van der Waals surface area contributed by atoms with E-state index in [1.807, 2.05) is 0 Å². The lowest BCUT2D eigenvalue weighted by Crippen LogP contribution is -2.41. The summed E-state index contributed by atoms with van der Waals surface area (Å²) in [5.41, 5.74) is 0. The van der Waals surface area contributed by atoms with Crippen molar-refractivity contribution >= 4 is 9.84 Å². The van der Waals surface area contributed by atoms with Crippen LogP contribution >= 0.6 is 0 Å². The highest BCUT2D eigenvalue weighted by atomic mass is 32.2. The third kappa shape index (κ3) is 7.28. The van der Waals surface area contributed by atoms with Crippen LogP contribution in [0, 0.1) is 5.92 Å². The van der Waals surface area contributed by atoms with Crippen molar-refractivity contribution in [2.45, 2.75) is 52.1 Å². The van der Waals surface area contributed by atoms with Gasteiger partial charge in [0.2, 0.25) is 0 Å². The van der Waals surface area contributed by atoms with Gasteiger partial charge in [-0.25, -0.2) is 8.42 Å². The number of nitrogens with zero attached hydrogens (tertiary/aromatic N) is 1. The first-order valence-electron chi connectivity index (χ1n) is 7.43. The van der Waals surface area contributed by atoms with E-state index in [4.69, 9.17) is 0 Å². The SMILES string of the molecule is CC(C)CC1CN(CCCS(C)(=O)=O)C(C)CCN1. The molecule has 1 saturated heterocycles. The molecule has 1 rings (SSSR count). The van der Waals surface area contributed by atoms with E-state index >= 15 is 0 Å². The predicted octanol–water partition coefficient (Wildman–Crippen LogP) is 1.52. The molecule has 0 saturated carbocycles. The molecule has 2 atom stereocenters. The summed E-state index contributed by atoms with van der Waals surface area (Å²) in [6, 6.07) is 1.09. The lowest BCUT2D eigenvalue weighted by molar-refractivity contribution is 0.199. The lowest BCUT2D eigenvalue weighted by atomic mass is 10.0. The number of hydrogen-bond acceptors (Lipinski definition) is 4. The van der Waals surface area contributed by atoms with Crippen molar-refractivity contribution in [2.24, 2.45) is 5.92 Å². The van der Waals surface area contributed by atoms with Gasteiger partial charge in [0.15, 0.2) is 0 Å². The first-order chi connectivity index (χ1) is 8.78. The second kappa shape index (κ2) is 7.60. The van der Waals surface area contributed by atoms with Crippen molar-refractivity contribution < 1.29 is 8.42 Å². The summed E-state index contributed by atoms with van der Waals surface area (Å²) in [5, 5.41) is 3.62. The Bertz CT molecular complexity index is 354. The average molecular weight is 290 g/mol. The minimum atomic E-state index is -2.83. The molecule has 0 amide bonds. The molecule has 0 spiro atoms. The molecule has 1 N–H and O–H groups in total. The van der Waals surface area contributed by atoms with E-state index in [1.54, 1.807) is 0 Å². The maximum atomic E-state index is 11.2. The quantitative estimate of drug-likeness (QED) is 0.806. The van der Waals surface area contributed by atoms with Gasteiger partial charge in [-0.3, -0.25) is 4.90 Å². The summed E-state index contributed by atoms with van der Waals surface area (Å²) < 4.78 is 22.4. The molecular formula is C14H30N2O2S. The summed E-state index contributed by atoms with van der Waals surface area (Å²) in [6.07, 6.45) is 4.41. The minimum absolute atomic E-state index is 0.304. The van der Waals surface area contributed by atoms with E-state index in [0.717, 1.165) is 32.5 Å². The van der Waals surface area contributed by atoms with Gasteiger partial charge in [-0.15, -0.1) is 0 Å². The average Bonchev–Trinajstić information content (AvgIpc) is 2.39. The standard InChI is InChI=1S/C14H30N2O2S/c1-12(2)10-14-11-16(13(3)6-7-15-14)8-5-9-19(4,17)18/h12-15H,5-11H2,1-4H3. The van der Waals surface area contributed by atoms with E-state index in [0.29, 0.717) is 23.8 Å². The molecule has 1 aliphatic heterocycles. The second-order valence-electron chi connectivity index (χ2n) is 6.40. The number of sulfone groups is 1. The molecule has 0 aromatic rings. The molecule has 2 unspecified atom stereocenters. The fourth-order valence-corrected chi connectivity index (χ4v) is 3.43. The van der Waals surface area contributed by atoms with Crippen molar-refractivity contribution in [1.82, 2.24) is 10.2 Å². The normalized spacial score (nSPS) is 26.6. The Balaban J connectivity index is 2.47. The van der Waals surface area contributed by atoms with Crippen LogP contribution in [-0.2, 0) is 9.84 Å². The molecule has 5 heteroatoms. The molecule has 0 aromatic carbocycles. The van der Waals surface area contributed by atoms with E-state index in [2.05, 4.69) is 31.0 Å². The van der Waals surface area contributed by atoms with Gasteiger partial charge >= 0.3 is 0 Å². The minimum Gasteiger partial charge on any atom is -0.313 e. The number of hydrogen-bond donors (Lipinski definition) is 1. The Labute approximate surface area is 118 Å². The summed E-state index contributed by atoms with van der Waals surface area (Å²) in [6.45, 7) is 9.77. The molecule has 19 heavy (non-hydrogen) atoms. The van der Waals surface area contributed by atoms with Gasteiger partial charge in [-0.2, -0.15) is 0 Å². The highest BCUT2D eigenvalue weighted by Crippen LogP contribution is 2.14. The fraction of sp³-hybridized carbons (Fsp3) is 1.00. The zero-order chi connectivity index (χ0) is 14.5. The third-order valence-electron chi connectivity index (χ3n) is 3.79. The Hall–Kier alpha value is -0.130. The predicted molar refractivity (Wildman–Crippen MR) is 81.2 cm³/mol. The maximum Gasteiger partial charge on any atom is 0.147 e. The van der Waals surface area contributed by atoms with Gasteiger partial charge in [0.25, 0.3) is 0 Å². The van der Waals surface area contributed by atoms with E-state index in [1.165, 1.54) is 12.7 Å². The number of nitrogens with one attached hydrogen (secondary N) is 1. The van der Waals surface area contributed by atoms with Gasteiger partial charge in [0, 0.05) is 24.9 Å². The second-order valence-corrected chi connectivity index (χ2v) is 8.66. The van der Waals surface area contributed by atoms with Crippen LogP contribution in [0.3, 0.4) is 0 Å². The van der Waals surface area contributed by atoms with Crippen LogP contribution in [0.4, 0.5) is 0 Å². The highest BCUT2D eigenvalue weighted by molar-refractivity contribution is 7.90. The zero-order valence-electron chi connectivity index (χ0n) is 12.9. The first kappa shape index (κ1) is 16.9. The molecular weight excluding hydrogens is 260 g/mol. The Morgan fingerprint density at radius 3 is 2.63 bits per heavy atom. The number of rotatable bonds is 6. The summed E-state index contributed by atoms with van der Waals surface area (Å²) >= 11 is 0. The van der Waals surface area contributed by atoms with E-state index in [-0.39, 0.29) is 0 Å². The van der Waals surface area contributed by atoms with Crippen molar-refractivity contribution in [3.05, 3.63) is 0 Å². The molecule has 4 nitrogen and oxygen atoms in total. The fourth-order valence-electron chi connectivity index (χ4n) is 2.77. The van der Waals surface area contributed by atoms with Gasteiger partial charge in [0.05, 0.1) is 5.75 Å². The molecule has 0 bridgehead atoms. The van der Waals surface area contributed by atoms with Gasteiger partial charge < -0.3 is 5.32 Å². The summed E-state index contributed by atoms with van der Waals surface area (Å²) in [4.78, 5) is 2.46. The molecule has 1 fully saturated rings. The molecule has 0 aliphatic carbocycles. The van der Waals surface area contributed by atoms with Gasteiger partial charge in [0.1, 0.15) is 9.84 Å². The first-order valence-corrected chi connectivity index (χ1v) is 9.49. The Morgan fingerprint density at radius 1 is 1.37 bits per heavy atom. The van der Waals surface area contributed by atoms with E-state index < -0.39 is 9.84 Å². The van der Waals surface area contributed by atoms with Gasteiger partial charge in [-0.05, 0) is 45.2 Å². The third-order valence-corrected chi connectivity index (χ3v) is 4.82. The van der Waals surface area contributed by atoms with Crippen LogP contribution < -0.4 is 5.32 Å². The van der Waals surface area contributed by atoms with Crippen molar-refractivity contribution in [2.75, 3.05) is 31.6 Å². The molecule has 0 aromatic heterocycles. The highest BCUT2D eigenvalue weighted by Gasteiger charge is 2.23. The molecule has 0 radical (unpaired) electrons. The Kier molecular flexibility index (Phi) is 6.77. The summed E-state index contributed by atoms with van der Waals surface area (Å²) in [5.74, 6) is 1.00. The van der Waals surface area contributed by atoms with Crippen molar-refractivity contribution in [3.63, 3.8) is 0 Å². The van der Waals surface area contributed by atoms with Crippen LogP contribution in [-0.4, -0.2) is 57.0 Å². The van der Waals surface area contributed by atoms with Crippen LogP contribution in [0.5, 0.6) is 0 Å². The lowest BCUT2D eigenvalue weighted by Gasteiger charge is -2.29. The van der Waals surface area contributed by atoms with E-state index in [9.17, 15) is 8.42 Å². The van der Waals surface area contributed by atoms with Crippen molar-refractivity contribution in [1.29, 1.82) is 0 Å². The Morgan fingerprint density at radius 2 is 2.05 bits per heavy atom. The zero-order valence-corrected chi connectivity index (χ0v) is 13.7. The maximum absolute atomic E-state index is 11.2. The molecule has 1 aliphatic rings. The van der Waals surface area contributed by atoms with Crippen molar-refractivity contribution in [3.8, 4) is 0 Å². The smallest absolute Gasteiger partial charge is 0.147 e. The molecule has 1 heterocycles. The van der Waals surface area contributed by atoms with Crippen LogP contribution in [0.15, 0.2) is 0 Å². The van der Waals surface area contributed by atoms with Gasteiger partial charge in [-0.1, -0.05) is 13.8 Å². The van der Waals surface area contributed by atoms with Crippen LogP contribution in [0.1, 0.15) is 40.0 Å². The topological polar surface area (TPSA) is 49.4 Å². The monoisotopic (exact) mass is 290 g/mol.